The van der Waals surface area contributed by atoms with Crippen molar-refractivity contribution in [2.45, 2.75) is 25.8 Å². The highest BCUT2D eigenvalue weighted by molar-refractivity contribution is 9.10. The molecule has 13 heavy (non-hydrogen) atoms. The fourth-order valence-electron chi connectivity index (χ4n) is 1.30. The van der Waals surface area contributed by atoms with Gasteiger partial charge in [-0.1, -0.05) is 13.3 Å². The molecule has 0 amide bonds. The normalized spacial score (nSPS) is 10.8. The average molecular weight is 284 g/mol. The van der Waals surface area contributed by atoms with Gasteiger partial charge in [-0.3, -0.25) is 0 Å². The number of rotatable bonds is 4. The van der Waals surface area contributed by atoms with Gasteiger partial charge >= 0.3 is 0 Å². The smallest absolute Gasteiger partial charge is 0.169 e. The van der Waals surface area contributed by atoms with Crippen LogP contribution >= 0.6 is 27.5 Å². The van der Waals surface area contributed by atoms with Gasteiger partial charge in [0, 0.05) is 6.61 Å². The van der Waals surface area contributed by atoms with Gasteiger partial charge in [0.25, 0.3) is 0 Å². The van der Waals surface area contributed by atoms with Crippen molar-refractivity contribution >= 4 is 35.9 Å². The Bertz CT molecular complexity index is 261. The summed E-state index contributed by atoms with van der Waals surface area (Å²) in [5, 5.41) is 10.1. The third-order valence-corrected chi connectivity index (χ3v) is 6.15. The molecule has 0 saturated heterocycles. The second kappa shape index (κ2) is 5.29. The molecule has 0 unspecified atom stereocenters. The van der Waals surface area contributed by atoms with E-state index in [4.69, 9.17) is 21.1 Å². The van der Waals surface area contributed by atoms with Gasteiger partial charge in [-0.05, 0) is 45.2 Å². The molecule has 0 spiro atoms. The minimum absolute atomic E-state index is 0.182. The molecule has 1 aromatic rings. The van der Waals surface area contributed by atoms with Gasteiger partial charge in [0.15, 0.2) is 9.50 Å². The first-order valence-corrected chi connectivity index (χ1v) is 7.14. The maximum absolute atomic E-state index is 8.88. The second-order valence-electron chi connectivity index (χ2n) is 2.83. The van der Waals surface area contributed by atoms with E-state index in [1.807, 2.05) is 0 Å². The van der Waals surface area contributed by atoms with Gasteiger partial charge in [-0.2, -0.15) is 0 Å². The monoisotopic (exact) mass is 282 g/mol. The highest BCUT2D eigenvalue weighted by Gasteiger charge is 2.16. The molecule has 0 aliphatic rings. The molecule has 0 fully saturated rings. The Hall–Kier alpha value is 0.357. The summed E-state index contributed by atoms with van der Waals surface area (Å²) in [6, 6.07) is 0.744. The number of hydrogen-bond donors (Lipinski definition) is 1. The van der Waals surface area contributed by atoms with Crippen molar-refractivity contribution in [3.63, 3.8) is 0 Å². The zero-order chi connectivity index (χ0) is 9.84. The van der Waals surface area contributed by atoms with Crippen LogP contribution in [0.1, 0.15) is 18.5 Å². The van der Waals surface area contributed by atoms with Crippen LogP contribution in [-0.2, 0) is 12.5 Å². The second-order valence-corrected chi connectivity index (χ2v) is 6.73. The predicted molar refractivity (Wildman–Crippen MR) is 58.4 cm³/mol. The highest BCUT2D eigenvalue weighted by Crippen LogP contribution is 2.25. The Balaban J connectivity index is 2.98. The summed E-state index contributed by atoms with van der Waals surface area (Å²) in [6.45, 7) is 2.30. The van der Waals surface area contributed by atoms with Crippen LogP contribution in [0.2, 0.25) is 4.83 Å². The van der Waals surface area contributed by atoms with E-state index < -0.39 is 8.40 Å². The topological polar surface area (TPSA) is 33.4 Å². The molecule has 0 aromatic carbocycles. The van der Waals surface area contributed by atoms with E-state index in [0.717, 1.165) is 23.6 Å². The van der Waals surface area contributed by atoms with Crippen LogP contribution in [0.25, 0.3) is 0 Å². The molecule has 0 radical (unpaired) electrons. The van der Waals surface area contributed by atoms with Gasteiger partial charge in [0.2, 0.25) is 0 Å². The largest absolute Gasteiger partial charge is 0.444 e. The standard InChI is InChI=1S/C8H12BrClO2Si/c1-2-3-6-7(9)12-8(10)13(6)5-4-11/h11H,2-5H2,1H3. The molecule has 2 nitrogen and oxygen atoms in total. The van der Waals surface area contributed by atoms with Crippen molar-refractivity contribution in [1.82, 2.24) is 0 Å². The summed E-state index contributed by atoms with van der Waals surface area (Å²) in [7, 11) is -0.948. The molecule has 5 heteroatoms. The lowest BCUT2D eigenvalue weighted by Crippen LogP contribution is -2.08. The Kier molecular flexibility index (Phi) is 4.65. The summed E-state index contributed by atoms with van der Waals surface area (Å²) >= 11 is 9.29. The SMILES string of the molecule is CCCc1c(Br)oc(Cl)[si]1CCO. The molecule has 0 saturated carbocycles. The first-order chi connectivity index (χ1) is 6.20. The third-order valence-electron chi connectivity index (χ3n) is 1.88. The van der Waals surface area contributed by atoms with Crippen molar-refractivity contribution in [3.8, 4) is 0 Å². The summed E-state index contributed by atoms with van der Waals surface area (Å²) in [5.74, 6) is 0. The van der Waals surface area contributed by atoms with Crippen LogP contribution in [0.3, 0.4) is 0 Å². The maximum Gasteiger partial charge on any atom is 0.169 e. The van der Waals surface area contributed by atoms with E-state index in [1.54, 1.807) is 0 Å². The molecule has 1 heterocycles. The van der Waals surface area contributed by atoms with E-state index >= 15 is 0 Å². The first kappa shape index (κ1) is 11.4. The fraction of sp³-hybridized carbons (Fsp3) is 0.625. The highest BCUT2D eigenvalue weighted by atomic mass is 79.9. The molecule has 1 aromatic heterocycles. The van der Waals surface area contributed by atoms with Crippen LogP contribution < -0.4 is 0 Å². The number of aliphatic hydroxyl groups excluding tert-OH is 1. The van der Waals surface area contributed by atoms with Gasteiger partial charge in [-0.15, -0.1) is 0 Å². The van der Waals surface area contributed by atoms with Crippen LogP contribution in [0.5, 0.6) is 0 Å². The Labute approximate surface area is 92.6 Å². The van der Waals surface area contributed by atoms with Gasteiger partial charge in [-0.25, -0.2) is 0 Å². The minimum Gasteiger partial charge on any atom is -0.444 e. The summed E-state index contributed by atoms with van der Waals surface area (Å²) in [4.78, 5) is 0.578. The van der Waals surface area contributed by atoms with Crippen molar-refractivity contribution in [2.75, 3.05) is 6.61 Å². The Morgan fingerprint density at radius 1 is 1.62 bits per heavy atom. The van der Waals surface area contributed by atoms with E-state index in [0.29, 0.717) is 4.83 Å². The maximum atomic E-state index is 8.88. The van der Waals surface area contributed by atoms with Crippen molar-refractivity contribution in [3.05, 3.63) is 14.7 Å². The summed E-state index contributed by atoms with van der Waals surface area (Å²) < 4.78 is 6.08. The zero-order valence-corrected chi connectivity index (χ0v) is 10.8. The number of hydrogen-bond acceptors (Lipinski definition) is 2. The van der Waals surface area contributed by atoms with Crippen molar-refractivity contribution in [1.29, 1.82) is 0 Å². The molecule has 1 N–H and O–H groups in total. The Morgan fingerprint density at radius 2 is 2.31 bits per heavy atom. The van der Waals surface area contributed by atoms with E-state index in [-0.39, 0.29) is 6.61 Å². The van der Waals surface area contributed by atoms with Crippen LogP contribution in [0, 0.1) is 0 Å². The predicted octanol–water partition coefficient (Wildman–Crippen LogP) is 2.67. The lowest BCUT2D eigenvalue weighted by atomic mass is 10.3. The van der Waals surface area contributed by atoms with Crippen molar-refractivity contribution in [2.24, 2.45) is 0 Å². The molecule has 74 valence electrons. The fourth-order valence-corrected chi connectivity index (χ4v) is 5.35. The molecule has 0 bridgehead atoms. The van der Waals surface area contributed by atoms with E-state index in [2.05, 4.69) is 22.9 Å². The average Bonchev–Trinajstić information content (AvgIpc) is 2.33. The molecule has 0 atom stereocenters. The third kappa shape index (κ3) is 2.65. The molecule has 0 aliphatic carbocycles. The van der Waals surface area contributed by atoms with Crippen LogP contribution in [-0.4, -0.2) is 20.1 Å². The van der Waals surface area contributed by atoms with Crippen LogP contribution in [0.15, 0.2) is 9.09 Å². The molecule has 1 rings (SSSR count). The van der Waals surface area contributed by atoms with Crippen LogP contribution in [0.4, 0.5) is 0 Å². The molecular weight excluding hydrogens is 272 g/mol. The zero-order valence-electron chi connectivity index (χ0n) is 7.44. The molecular formula is C8H12BrClO2Si. The van der Waals surface area contributed by atoms with Crippen molar-refractivity contribution < 1.29 is 9.52 Å². The number of aliphatic hydroxyl groups is 1. The summed E-state index contributed by atoms with van der Waals surface area (Å²) in [5.41, 5.74) is 0. The molecule has 0 aliphatic heterocycles. The Morgan fingerprint density at radius 3 is 2.85 bits per heavy atom. The van der Waals surface area contributed by atoms with E-state index in [1.165, 1.54) is 5.17 Å². The van der Waals surface area contributed by atoms with Gasteiger partial charge < -0.3 is 9.52 Å². The number of halogens is 2. The van der Waals surface area contributed by atoms with E-state index in [9.17, 15) is 0 Å². The quantitative estimate of drug-likeness (QED) is 0.862. The van der Waals surface area contributed by atoms with Gasteiger partial charge in [0.1, 0.15) is 8.40 Å². The lowest BCUT2D eigenvalue weighted by molar-refractivity contribution is 0.308. The summed E-state index contributed by atoms with van der Waals surface area (Å²) in [6.07, 6.45) is 2.09. The van der Waals surface area contributed by atoms with Gasteiger partial charge in [0.05, 0.1) is 0 Å². The first-order valence-electron chi connectivity index (χ1n) is 4.27. The minimum atomic E-state index is -0.948. The lowest BCUT2D eigenvalue weighted by Gasteiger charge is -1.98.